The molecule has 4 rings (SSSR count). The molecule has 1 aromatic carbocycles. The van der Waals surface area contributed by atoms with Gasteiger partial charge in [0.2, 0.25) is 0 Å². The second kappa shape index (κ2) is 8.22. The average molecular weight is 436 g/mol. The van der Waals surface area contributed by atoms with E-state index in [1.54, 1.807) is 18.3 Å². The third-order valence-corrected chi connectivity index (χ3v) is 4.43. The number of ether oxygens (including phenoxy) is 3. The predicted molar refractivity (Wildman–Crippen MR) is 99.3 cm³/mol. The third kappa shape index (κ3) is 5.09. The molecule has 9 nitrogen and oxygen atoms in total. The number of hydrogen-bond donors (Lipinski definition) is 0. The monoisotopic (exact) mass is 436 g/mol. The van der Waals surface area contributed by atoms with E-state index >= 15 is 0 Å². The van der Waals surface area contributed by atoms with Gasteiger partial charge >= 0.3 is 18.2 Å². The number of rotatable bonds is 6. The zero-order valence-electron chi connectivity index (χ0n) is 15.8. The lowest BCUT2D eigenvalue weighted by molar-refractivity contribution is -0.389. The highest BCUT2D eigenvalue weighted by atomic mass is 19.4. The van der Waals surface area contributed by atoms with Gasteiger partial charge in [0.05, 0.1) is 18.8 Å². The fraction of sp³-hybridized carbons (Fsp3) is 0.263. The summed E-state index contributed by atoms with van der Waals surface area (Å²) in [5, 5.41) is 10.8. The minimum Gasteiger partial charge on any atom is -0.443 e. The van der Waals surface area contributed by atoms with Gasteiger partial charge in [-0.2, -0.15) is 0 Å². The fourth-order valence-electron chi connectivity index (χ4n) is 2.99. The molecule has 1 aliphatic heterocycles. The van der Waals surface area contributed by atoms with Gasteiger partial charge in [0.1, 0.15) is 24.7 Å². The summed E-state index contributed by atoms with van der Waals surface area (Å²) in [6.45, 7) is 0.762. The molecule has 0 radical (unpaired) electrons. The lowest BCUT2D eigenvalue weighted by Crippen LogP contribution is -2.32. The van der Waals surface area contributed by atoms with Crippen LogP contribution in [-0.4, -0.2) is 38.5 Å². The maximum Gasteiger partial charge on any atom is 0.573 e. The van der Waals surface area contributed by atoms with Crippen LogP contribution in [0.3, 0.4) is 0 Å². The molecule has 162 valence electrons. The molecule has 12 heteroatoms. The average Bonchev–Trinajstić information content (AvgIpc) is 3.16. The van der Waals surface area contributed by atoms with Gasteiger partial charge in [0.25, 0.3) is 0 Å². The maximum atomic E-state index is 12.2. The highest BCUT2D eigenvalue weighted by Gasteiger charge is 2.31. The molecule has 0 bridgehead atoms. The van der Waals surface area contributed by atoms with E-state index in [1.807, 2.05) is 0 Å². The Hall–Kier alpha value is -3.67. The Bertz CT molecular complexity index is 1070. The molecule has 3 heterocycles. The van der Waals surface area contributed by atoms with Crippen LogP contribution in [0.2, 0.25) is 0 Å². The van der Waals surface area contributed by atoms with Crippen molar-refractivity contribution in [1.29, 1.82) is 0 Å². The van der Waals surface area contributed by atoms with Crippen LogP contribution in [0.5, 0.6) is 11.8 Å². The number of aromatic nitrogens is 3. The molecule has 3 aromatic rings. The Balaban J connectivity index is 1.33. The van der Waals surface area contributed by atoms with Crippen LogP contribution in [0, 0.1) is 10.1 Å². The molecule has 0 saturated carbocycles. The van der Waals surface area contributed by atoms with Crippen molar-refractivity contribution in [3.8, 4) is 22.9 Å². The van der Waals surface area contributed by atoms with Crippen LogP contribution in [0.4, 0.5) is 19.0 Å². The van der Waals surface area contributed by atoms with Crippen LogP contribution < -0.4 is 9.47 Å². The smallest absolute Gasteiger partial charge is 0.443 e. The van der Waals surface area contributed by atoms with E-state index in [0.717, 1.165) is 5.56 Å². The van der Waals surface area contributed by atoms with Crippen molar-refractivity contribution in [2.45, 2.75) is 25.6 Å². The van der Waals surface area contributed by atoms with Crippen LogP contribution in [0.25, 0.3) is 11.1 Å². The third-order valence-electron chi connectivity index (χ3n) is 4.43. The van der Waals surface area contributed by atoms with Gasteiger partial charge in [0.15, 0.2) is 0 Å². The maximum absolute atomic E-state index is 12.2. The van der Waals surface area contributed by atoms with Crippen molar-refractivity contribution in [2.24, 2.45) is 0 Å². The summed E-state index contributed by atoms with van der Waals surface area (Å²) >= 11 is 0. The first-order valence-electron chi connectivity index (χ1n) is 9.04. The molecule has 0 amide bonds. The highest BCUT2D eigenvalue weighted by Crippen LogP contribution is 2.27. The summed E-state index contributed by atoms with van der Waals surface area (Å²) in [6, 6.07) is 9.19. The van der Waals surface area contributed by atoms with E-state index in [-0.39, 0.29) is 36.9 Å². The van der Waals surface area contributed by atoms with Gasteiger partial charge in [-0.1, -0.05) is 18.2 Å². The minimum atomic E-state index is -4.73. The molecule has 0 saturated heterocycles. The molecule has 0 aliphatic carbocycles. The first-order chi connectivity index (χ1) is 14.8. The van der Waals surface area contributed by atoms with E-state index in [2.05, 4.69) is 14.7 Å². The van der Waals surface area contributed by atoms with Crippen LogP contribution >= 0.6 is 0 Å². The summed E-state index contributed by atoms with van der Waals surface area (Å²) in [5.41, 5.74) is 2.05. The number of benzene rings is 1. The number of imidazole rings is 1. The number of halogens is 3. The Morgan fingerprint density at radius 2 is 1.94 bits per heavy atom. The lowest BCUT2D eigenvalue weighted by Gasteiger charge is -2.22. The van der Waals surface area contributed by atoms with E-state index in [1.165, 1.54) is 35.0 Å². The quantitative estimate of drug-likeness (QED) is 0.429. The van der Waals surface area contributed by atoms with Crippen molar-refractivity contribution in [3.05, 3.63) is 64.6 Å². The molecule has 0 fully saturated rings. The number of nitrogens with zero attached hydrogens (tertiary/aromatic N) is 4. The summed E-state index contributed by atoms with van der Waals surface area (Å²) < 4.78 is 53.3. The topological polar surface area (TPSA) is 102 Å². The summed E-state index contributed by atoms with van der Waals surface area (Å²) in [5.74, 6) is -0.582. The lowest BCUT2D eigenvalue weighted by atomic mass is 10.1. The molecule has 2 aromatic heterocycles. The molecule has 0 spiro atoms. The zero-order valence-corrected chi connectivity index (χ0v) is 15.8. The van der Waals surface area contributed by atoms with Crippen molar-refractivity contribution in [2.75, 3.05) is 6.61 Å². The summed E-state index contributed by atoms with van der Waals surface area (Å²) in [7, 11) is 0. The molecule has 1 atom stereocenters. The van der Waals surface area contributed by atoms with Crippen molar-refractivity contribution in [3.63, 3.8) is 0 Å². The number of nitro groups is 1. The zero-order chi connectivity index (χ0) is 22.0. The molecular weight excluding hydrogens is 421 g/mol. The molecule has 0 unspecified atom stereocenters. The molecular formula is C19H15F3N4O5. The second-order valence-corrected chi connectivity index (χ2v) is 6.65. The summed E-state index contributed by atoms with van der Waals surface area (Å²) in [6.07, 6.45) is -2.18. The van der Waals surface area contributed by atoms with Crippen molar-refractivity contribution in [1.82, 2.24) is 14.5 Å². The Kier molecular flexibility index (Phi) is 5.46. The summed E-state index contributed by atoms with van der Waals surface area (Å²) in [4.78, 5) is 18.3. The largest absolute Gasteiger partial charge is 0.573 e. The Morgan fingerprint density at radius 1 is 1.19 bits per heavy atom. The van der Waals surface area contributed by atoms with E-state index < -0.39 is 11.3 Å². The van der Waals surface area contributed by atoms with Gasteiger partial charge in [-0.05, 0) is 28.7 Å². The fourth-order valence-corrected chi connectivity index (χ4v) is 2.99. The van der Waals surface area contributed by atoms with Crippen LogP contribution in [-0.2, 0) is 17.9 Å². The van der Waals surface area contributed by atoms with Gasteiger partial charge in [-0.25, -0.2) is 0 Å². The Morgan fingerprint density at radius 3 is 2.58 bits per heavy atom. The first kappa shape index (κ1) is 20.6. The van der Waals surface area contributed by atoms with Gasteiger partial charge in [0, 0.05) is 16.7 Å². The van der Waals surface area contributed by atoms with Gasteiger partial charge in [-0.15, -0.1) is 13.2 Å². The number of hydrogen-bond acceptors (Lipinski definition) is 7. The standard InChI is InChI=1S/C19H15F3N4O5/c20-19(21,22)31-15-5-2-12(3-6-15)13-1-4-14(23-7-13)10-29-16-8-25-9-17(26(27)28)24-18(25)30-11-16/h1-7,9,16H,8,10-11H2/t16-/m0/s1. The van der Waals surface area contributed by atoms with E-state index in [0.29, 0.717) is 17.8 Å². The van der Waals surface area contributed by atoms with Crippen molar-refractivity contribution >= 4 is 5.82 Å². The Labute approximate surface area is 173 Å². The van der Waals surface area contributed by atoms with Gasteiger partial charge < -0.3 is 24.3 Å². The van der Waals surface area contributed by atoms with Gasteiger partial charge in [-0.3, -0.25) is 9.55 Å². The number of pyridine rings is 1. The predicted octanol–water partition coefficient (Wildman–Crippen LogP) is 3.73. The SMILES string of the molecule is O=[N+]([O-])c1cn2c(n1)OC[C@@H](OCc1ccc(-c3ccc(OC(F)(F)F)cc3)cn1)C2. The minimum absolute atomic E-state index is 0.181. The molecule has 31 heavy (non-hydrogen) atoms. The van der Waals surface area contributed by atoms with E-state index in [9.17, 15) is 23.3 Å². The van der Waals surface area contributed by atoms with Crippen LogP contribution in [0.1, 0.15) is 5.69 Å². The van der Waals surface area contributed by atoms with Crippen molar-refractivity contribution < 1.29 is 32.3 Å². The highest BCUT2D eigenvalue weighted by molar-refractivity contribution is 5.63. The second-order valence-electron chi connectivity index (χ2n) is 6.65. The number of alkyl halides is 3. The molecule has 0 N–H and O–H groups in total. The first-order valence-corrected chi connectivity index (χ1v) is 9.04. The number of fused-ring (bicyclic) bond motifs is 1. The molecule has 1 aliphatic rings. The normalized spacial score (nSPS) is 15.8. The van der Waals surface area contributed by atoms with Crippen LogP contribution in [0.15, 0.2) is 48.8 Å². The van der Waals surface area contributed by atoms with E-state index in [4.69, 9.17) is 9.47 Å².